The van der Waals surface area contributed by atoms with E-state index in [-0.39, 0.29) is 6.17 Å². The minimum absolute atomic E-state index is 0.160. The van der Waals surface area contributed by atoms with Crippen LogP contribution in [0, 0.1) is 0 Å². The summed E-state index contributed by atoms with van der Waals surface area (Å²) in [7, 11) is 0. The highest BCUT2D eigenvalue weighted by atomic mass is 15.2. The third-order valence-corrected chi connectivity index (χ3v) is 11.2. The second-order valence-corrected chi connectivity index (χ2v) is 14.7. The van der Waals surface area contributed by atoms with E-state index in [1.165, 1.54) is 32.7 Å². The number of aromatic nitrogens is 3. The molecule has 0 amide bonds. The van der Waals surface area contributed by atoms with E-state index in [0.717, 1.165) is 56.4 Å². The van der Waals surface area contributed by atoms with E-state index < -0.39 is 0 Å². The number of nitrogens with one attached hydrogen (secondary N) is 1. The zero-order valence-corrected chi connectivity index (χ0v) is 32.0. The molecule has 0 saturated heterocycles. The van der Waals surface area contributed by atoms with E-state index >= 15 is 0 Å². The van der Waals surface area contributed by atoms with Crippen molar-refractivity contribution in [3.63, 3.8) is 0 Å². The molecule has 1 atom stereocenters. The van der Waals surface area contributed by atoms with Crippen LogP contribution in [0.5, 0.6) is 0 Å². The van der Waals surface area contributed by atoms with Crippen molar-refractivity contribution < 1.29 is 0 Å². The average molecular weight is 760 g/mol. The van der Waals surface area contributed by atoms with Crippen LogP contribution < -0.4 is 10.2 Å². The first-order valence-corrected chi connectivity index (χ1v) is 19.8. The van der Waals surface area contributed by atoms with Crippen molar-refractivity contribution in [2.24, 2.45) is 9.98 Å². The highest BCUT2D eigenvalue weighted by Crippen LogP contribution is 2.41. The monoisotopic (exact) mass is 759 g/mol. The standard InChI is InChI=1S/C52H37N7/c1-3-9-40(10-4-1)57-32-30-46-49(57)29-27-45-47-33-39(20-28-50(47)59(51(45)46)41-11-5-2-6-12-41)36-14-21-42(22-15-36)58(43-23-16-37(17-24-43)48-13-7-8-31-54-48)44-25-18-38(19-26-44)52-55-34-53-35-56-52/h1-35,52H,(H,53,55,56). The lowest BCUT2D eigenvalue weighted by Gasteiger charge is -2.26. The van der Waals surface area contributed by atoms with Crippen molar-refractivity contribution in [2.75, 3.05) is 4.90 Å². The predicted molar refractivity (Wildman–Crippen MR) is 244 cm³/mol. The van der Waals surface area contributed by atoms with Gasteiger partial charge >= 0.3 is 0 Å². The fourth-order valence-electron chi connectivity index (χ4n) is 8.41. The third kappa shape index (κ3) is 6.13. The zero-order chi connectivity index (χ0) is 39.1. The lowest BCUT2D eigenvalue weighted by atomic mass is 10.0. The molecule has 11 rings (SSSR count). The van der Waals surface area contributed by atoms with Gasteiger partial charge in [0.25, 0.3) is 0 Å². The maximum absolute atomic E-state index is 4.57. The lowest BCUT2D eigenvalue weighted by Crippen LogP contribution is -2.20. The van der Waals surface area contributed by atoms with Crippen LogP contribution in [0.4, 0.5) is 17.1 Å². The second-order valence-electron chi connectivity index (χ2n) is 14.7. The van der Waals surface area contributed by atoms with Crippen LogP contribution in [-0.4, -0.2) is 26.8 Å². The van der Waals surface area contributed by atoms with Gasteiger partial charge in [-0.25, -0.2) is 9.98 Å². The Hall–Kier alpha value is -8.03. The summed E-state index contributed by atoms with van der Waals surface area (Å²) in [5, 5.41) is 6.89. The first-order chi connectivity index (χ1) is 29.3. The minimum Gasteiger partial charge on any atom is -0.351 e. The van der Waals surface area contributed by atoms with Gasteiger partial charge in [-0.1, -0.05) is 91.0 Å². The maximum atomic E-state index is 4.57. The molecule has 59 heavy (non-hydrogen) atoms. The van der Waals surface area contributed by atoms with Gasteiger partial charge in [0, 0.05) is 62.6 Å². The minimum atomic E-state index is -0.160. The number of hydrogen-bond donors (Lipinski definition) is 1. The Bertz CT molecular complexity index is 3150. The van der Waals surface area contributed by atoms with Crippen LogP contribution in [0.2, 0.25) is 0 Å². The number of fused-ring (bicyclic) bond motifs is 5. The number of nitrogens with zero attached hydrogens (tertiary/aromatic N) is 6. The summed E-state index contributed by atoms with van der Waals surface area (Å²) in [5.74, 6) is 0. The van der Waals surface area contributed by atoms with Gasteiger partial charge in [0.15, 0.2) is 0 Å². The van der Waals surface area contributed by atoms with Crippen molar-refractivity contribution in [1.29, 1.82) is 0 Å². The summed E-state index contributed by atoms with van der Waals surface area (Å²) < 4.78 is 4.70. The van der Waals surface area contributed by atoms with Gasteiger partial charge in [0.05, 0.1) is 28.6 Å². The summed E-state index contributed by atoms with van der Waals surface area (Å²) in [4.78, 5) is 15.4. The molecular formula is C52H37N7. The van der Waals surface area contributed by atoms with Crippen molar-refractivity contribution in [3.8, 4) is 33.8 Å². The van der Waals surface area contributed by atoms with Gasteiger partial charge in [-0.15, -0.1) is 0 Å². The number of aliphatic imine (C=N–C) groups is 2. The van der Waals surface area contributed by atoms with Crippen LogP contribution in [0.3, 0.4) is 0 Å². The first kappa shape index (κ1) is 34.2. The third-order valence-electron chi connectivity index (χ3n) is 11.2. The summed E-state index contributed by atoms with van der Waals surface area (Å²) in [5.41, 5.74) is 14.4. The van der Waals surface area contributed by atoms with Crippen LogP contribution in [0.25, 0.3) is 66.5 Å². The Balaban J connectivity index is 0.996. The smallest absolute Gasteiger partial charge is 0.147 e. The highest BCUT2D eigenvalue weighted by Gasteiger charge is 2.19. The second kappa shape index (κ2) is 14.5. The first-order valence-electron chi connectivity index (χ1n) is 19.8. The Morgan fingerprint density at radius 2 is 1.15 bits per heavy atom. The maximum Gasteiger partial charge on any atom is 0.147 e. The molecular weight excluding hydrogens is 723 g/mol. The Morgan fingerprint density at radius 3 is 1.83 bits per heavy atom. The summed E-state index contributed by atoms with van der Waals surface area (Å²) in [6.45, 7) is 0. The van der Waals surface area contributed by atoms with Crippen molar-refractivity contribution in [1.82, 2.24) is 19.4 Å². The number of para-hydroxylation sites is 2. The molecule has 1 aliphatic rings. The molecule has 7 nitrogen and oxygen atoms in total. The Labute approximate surface area is 341 Å². The molecule has 7 heteroatoms. The summed E-state index contributed by atoms with van der Waals surface area (Å²) in [6.07, 6.45) is 7.13. The van der Waals surface area contributed by atoms with E-state index in [2.05, 4.69) is 210 Å². The van der Waals surface area contributed by atoms with Crippen molar-refractivity contribution >= 4 is 62.4 Å². The highest BCUT2D eigenvalue weighted by molar-refractivity contribution is 6.19. The van der Waals surface area contributed by atoms with Gasteiger partial charge in [-0.2, -0.15) is 0 Å². The van der Waals surface area contributed by atoms with Gasteiger partial charge < -0.3 is 19.4 Å². The van der Waals surface area contributed by atoms with Crippen molar-refractivity contribution in [3.05, 3.63) is 206 Å². The number of rotatable bonds is 8. The molecule has 7 aromatic carbocycles. The topological polar surface area (TPSA) is 62.7 Å². The van der Waals surface area contributed by atoms with Crippen LogP contribution in [-0.2, 0) is 0 Å². The average Bonchev–Trinajstić information content (AvgIpc) is 3.90. The lowest BCUT2D eigenvalue weighted by molar-refractivity contribution is 0.688. The predicted octanol–water partition coefficient (Wildman–Crippen LogP) is 12.6. The van der Waals surface area contributed by atoms with Crippen molar-refractivity contribution in [2.45, 2.75) is 6.17 Å². The van der Waals surface area contributed by atoms with E-state index in [1.54, 1.807) is 12.7 Å². The molecule has 1 N–H and O–H groups in total. The summed E-state index contributed by atoms with van der Waals surface area (Å²) >= 11 is 0. The molecule has 0 bridgehead atoms. The quantitative estimate of drug-likeness (QED) is 0.168. The molecule has 280 valence electrons. The van der Waals surface area contributed by atoms with Crippen LogP contribution >= 0.6 is 0 Å². The molecule has 0 fully saturated rings. The van der Waals surface area contributed by atoms with E-state index in [9.17, 15) is 0 Å². The fourth-order valence-corrected chi connectivity index (χ4v) is 8.41. The SMILES string of the molecule is C1=NC=NC(c2ccc(N(c3ccc(-c4ccc5c(c4)c4ccc6c(ccn6-c6ccccc6)c4n5-c4ccccc4)cc3)c3ccc(-c4ccccn4)cc3)cc2)N1. The Kier molecular flexibility index (Phi) is 8.40. The molecule has 10 aromatic rings. The molecule has 0 saturated carbocycles. The van der Waals surface area contributed by atoms with E-state index in [0.29, 0.717) is 0 Å². The number of benzene rings is 7. The van der Waals surface area contributed by atoms with E-state index in [4.69, 9.17) is 0 Å². The largest absolute Gasteiger partial charge is 0.351 e. The number of pyridine rings is 1. The molecule has 4 heterocycles. The zero-order valence-electron chi connectivity index (χ0n) is 32.0. The van der Waals surface area contributed by atoms with Crippen LogP contribution in [0.1, 0.15) is 11.7 Å². The summed E-state index contributed by atoms with van der Waals surface area (Å²) in [6, 6.07) is 67.0. The molecule has 3 aromatic heterocycles. The number of hydrogen-bond acceptors (Lipinski definition) is 5. The van der Waals surface area contributed by atoms with Crippen LogP contribution in [0.15, 0.2) is 210 Å². The number of anilines is 3. The van der Waals surface area contributed by atoms with Gasteiger partial charge in [-0.3, -0.25) is 4.98 Å². The molecule has 0 aliphatic carbocycles. The Morgan fingerprint density at radius 1 is 0.508 bits per heavy atom. The molecule has 0 spiro atoms. The fraction of sp³-hybridized carbons (Fsp3) is 0.0192. The molecule has 1 aliphatic heterocycles. The van der Waals surface area contributed by atoms with Gasteiger partial charge in [-0.05, 0) is 114 Å². The van der Waals surface area contributed by atoms with E-state index in [1.807, 2.05) is 24.4 Å². The van der Waals surface area contributed by atoms with Gasteiger partial charge in [0.2, 0.25) is 0 Å². The van der Waals surface area contributed by atoms with Gasteiger partial charge in [0.1, 0.15) is 12.5 Å². The molecule has 0 radical (unpaired) electrons. The molecule has 1 unspecified atom stereocenters. The normalized spacial score (nSPS) is 13.6.